The number of hydrogen-bond acceptors (Lipinski definition) is 4. The molecule has 2 aromatic rings. The molecule has 0 radical (unpaired) electrons. The van der Waals surface area contributed by atoms with E-state index < -0.39 is 0 Å². The molecule has 1 fully saturated rings. The van der Waals surface area contributed by atoms with E-state index in [-0.39, 0.29) is 12.5 Å². The highest BCUT2D eigenvalue weighted by Crippen LogP contribution is 2.23. The van der Waals surface area contributed by atoms with E-state index in [4.69, 9.17) is 5.11 Å². The Morgan fingerprint density at radius 1 is 1.33 bits per heavy atom. The van der Waals surface area contributed by atoms with Crippen LogP contribution in [-0.2, 0) is 0 Å². The van der Waals surface area contributed by atoms with Crippen molar-refractivity contribution in [3.05, 3.63) is 36.2 Å². The number of likely N-dealkylation sites (tertiary alicyclic amines) is 1. The van der Waals surface area contributed by atoms with Crippen molar-refractivity contribution in [2.24, 2.45) is 5.92 Å². The maximum absolute atomic E-state index is 12.8. The second-order valence-corrected chi connectivity index (χ2v) is 5.50. The van der Waals surface area contributed by atoms with Gasteiger partial charge in [0, 0.05) is 32.1 Å². The molecule has 1 N–H and O–H groups in total. The lowest BCUT2D eigenvalue weighted by atomic mass is 9.94. The largest absolute Gasteiger partial charge is 0.396 e. The molecule has 1 atom stereocenters. The summed E-state index contributed by atoms with van der Waals surface area (Å²) < 4.78 is 0. The van der Waals surface area contributed by atoms with Gasteiger partial charge in [0.05, 0.1) is 11.1 Å². The second-order valence-electron chi connectivity index (χ2n) is 5.50. The van der Waals surface area contributed by atoms with Crippen molar-refractivity contribution in [1.82, 2.24) is 14.9 Å². The fourth-order valence-electron chi connectivity index (χ4n) is 3.00. The third-order valence-corrected chi connectivity index (χ3v) is 4.07. The number of nitrogens with zero attached hydrogens (tertiary/aromatic N) is 3. The fraction of sp³-hybridized carbons (Fsp3) is 0.438. The SMILES string of the molecule is O=C(c1cccc2nccnc12)N1CCCC(CCO)C1. The van der Waals surface area contributed by atoms with E-state index >= 15 is 0 Å². The standard InChI is InChI=1S/C16H19N3O2/c20-10-6-12-3-2-9-19(11-12)16(21)13-4-1-5-14-15(13)18-8-7-17-14/h1,4-5,7-8,12,20H,2-3,6,9-11H2. The van der Waals surface area contributed by atoms with Gasteiger partial charge in [-0.25, -0.2) is 0 Å². The number of aliphatic hydroxyl groups is 1. The van der Waals surface area contributed by atoms with E-state index in [9.17, 15) is 4.79 Å². The van der Waals surface area contributed by atoms with Crippen molar-refractivity contribution >= 4 is 16.9 Å². The molecule has 1 saturated heterocycles. The van der Waals surface area contributed by atoms with Crippen molar-refractivity contribution in [3.63, 3.8) is 0 Å². The van der Waals surface area contributed by atoms with Gasteiger partial charge in [-0.05, 0) is 37.3 Å². The summed E-state index contributed by atoms with van der Waals surface area (Å²) >= 11 is 0. The molecule has 1 unspecified atom stereocenters. The van der Waals surface area contributed by atoms with Crippen LogP contribution in [0.5, 0.6) is 0 Å². The lowest BCUT2D eigenvalue weighted by Crippen LogP contribution is -2.40. The topological polar surface area (TPSA) is 66.3 Å². The zero-order valence-corrected chi connectivity index (χ0v) is 11.9. The van der Waals surface area contributed by atoms with E-state index in [0.717, 1.165) is 37.9 Å². The van der Waals surface area contributed by atoms with Gasteiger partial charge in [0.15, 0.2) is 0 Å². The van der Waals surface area contributed by atoms with E-state index in [1.54, 1.807) is 12.4 Å². The van der Waals surface area contributed by atoms with Crippen molar-refractivity contribution in [3.8, 4) is 0 Å². The Balaban J connectivity index is 1.86. The molecule has 110 valence electrons. The summed E-state index contributed by atoms with van der Waals surface area (Å²) in [6, 6.07) is 5.53. The highest BCUT2D eigenvalue weighted by Gasteiger charge is 2.25. The molecule has 1 aromatic heterocycles. The van der Waals surface area contributed by atoms with Crippen LogP contribution in [0.2, 0.25) is 0 Å². The number of aromatic nitrogens is 2. The monoisotopic (exact) mass is 285 g/mol. The zero-order valence-electron chi connectivity index (χ0n) is 11.9. The van der Waals surface area contributed by atoms with Crippen molar-refractivity contribution in [2.45, 2.75) is 19.3 Å². The summed E-state index contributed by atoms with van der Waals surface area (Å²) in [6.07, 6.45) is 6.09. The predicted octanol–water partition coefficient (Wildman–Crippen LogP) is 1.86. The van der Waals surface area contributed by atoms with Crippen LogP contribution in [0, 0.1) is 5.92 Å². The van der Waals surface area contributed by atoms with Gasteiger partial charge in [0.25, 0.3) is 5.91 Å². The minimum atomic E-state index is 0.0174. The average Bonchev–Trinajstić information content (AvgIpc) is 2.54. The summed E-state index contributed by atoms with van der Waals surface area (Å²) in [5, 5.41) is 9.08. The number of para-hydroxylation sites is 1. The fourth-order valence-corrected chi connectivity index (χ4v) is 3.00. The summed E-state index contributed by atoms with van der Waals surface area (Å²) in [4.78, 5) is 23.2. The minimum absolute atomic E-state index is 0.0174. The molecule has 1 amide bonds. The smallest absolute Gasteiger partial charge is 0.256 e. The number of rotatable bonds is 3. The van der Waals surface area contributed by atoms with E-state index in [2.05, 4.69) is 9.97 Å². The molecular weight excluding hydrogens is 266 g/mol. The van der Waals surface area contributed by atoms with Gasteiger partial charge in [-0.2, -0.15) is 0 Å². The minimum Gasteiger partial charge on any atom is -0.396 e. The maximum atomic E-state index is 12.8. The molecule has 1 aliphatic heterocycles. The molecule has 0 aliphatic carbocycles. The normalized spacial score (nSPS) is 18.9. The highest BCUT2D eigenvalue weighted by molar-refractivity contribution is 6.04. The van der Waals surface area contributed by atoms with Crippen LogP contribution in [-0.4, -0.2) is 45.6 Å². The number of carbonyl (C=O) groups is 1. The molecule has 0 bridgehead atoms. The molecular formula is C16H19N3O2. The number of carbonyl (C=O) groups excluding carboxylic acids is 1. The third kappa shape index (κ3) is 2.88. The van der Waals surface area contributed by atoms with Crippen molar-refractivity contribution < 1.29 is 9.90 Å². The van der Waals surface area contributed by atoms with E-state index in [0.29, 0.717) is 17.0 Å². The van der Waals surface area contributed by atoms with Crippen LogP contribution in [0.25, 0.3) is 11.0 Å². The predicted molar refractivity (Wildman–Crippen MR) is 79.9 cm³/mol. The molecule has 0 spiro atoms. The quantitative estimate of drug-likeness (QED) is 0.935. The Morgan fingerprint density at radius 2 is 2.19 bits per heavy atom. The van der Waals surface area contributed by atoms with E-state index in [1.165, 1.54) is 0 Å². The lowest BCUT2D eigenvalue weighted by molar-refractivity contribution is 0.0655. The van der Waals surface area contributed by atoms with Gasteiger partial charge in [-0.1, -0.05) is 6.07 Å². The van der Waals surface area contributed by atoms with Gasteiger partial charge in [0.2, 0.25) is 0 Å². The van der Waals surface area contributed by atoms with Gasteiger partial charge in [-0.3, -0.25) is 14.8 Å². The summed E-state index contributed by atoms with van der Waals surface area (Å²) in [7, 11) is 0. The zero-order chi connectivity index (χ0) is 14.7. The first kappa shape index (κ1) is 13.9. The summed E-state index contributed by atoms with van der Waals surface area (Å²) in [6.45, 7) is 1.68. The van der Waals surface area contributed by atoms with Crippen LogP contribution >= 0.6 is 0 Å². The first-order valence-corrected chi connectivity index (χ1v) is 7.39. The van der Waals surface area contributed by atoms with Crippen LogP contribution < -0.4 is 0 Å². The Labute approximate surface area is 123 Å². The number of aliphatic hydroxyl groups excluding tert-OH is 1. The van der Waals surface area contributed by atoms with E-state index in [1.807, 2.05) is 23.1 Å². The number of amides is 1. The van der Waals surface area contributed by atoms with Gasteiger partial charge in [-0.15, -0.1) is 0 Å². The van der Waals surface area contributed by atoms with Crippen LogP contribution in [0.3, 0.4) is 0 Å². The van der Waals surface area contributed by atoms with Gasteiger partial charge in [0.1, 0.15) is 5.52 Å². The second kappa shape index (κ2) is 6.18. The molecule has 5 nitrogen and oxygen atoms in total. The van der Waals surface area contributed by atoms with Crippen molar-refractivity contribution in [1.29, 1.82) is 0 Å². The molecule has 1 aromatic carbocycles. The molecule has 3 rings (SSSR count). The first-order chi connectivity index (χ1) is 10.3. The number of piperidine rings is 1. The van der Waals surface area contributed by atoms with Gasteiger partial charge >= 0.3 is 0 Å². The Bertz CT molecular complexity index is 637. The van der Waals surface area contributed by atoms with Gasteiger partial charge < -0.3 is 10.0 Å². The molecule has 0 saturated carbocycles. The lowest BCUT2D eigenvalue weighted by Gasteiger charge is -2.32. The maximum Gasteiger partial charge on any atom is 0.256 e. The number of benzene rings is 1. The molecule has 2 heterocycles. The Hall–Kier alpha value is -2.01. The van der Waals surface area contributed by atoms with Crippen molar-refractivity contribution in [2.75, 3.05) is 19.7 Å². The molecule has 21 heavy (non-hydrogen) atoms. The average molecular weight is 285 g/mol. The number of fused-ring (bicyclic) bond motifs is 1. The first-order valence-electron chi connectivity index (χ1n) is 7.39. The summed E-state index contributed by atoms with van der Waals surface area (Å²) in [5.41, 5.74) is 2.02. The van der Waals surface area contributed by atoms with Crippen LogP contribution in [0.1, 0.15) is 29.6 Å². The Kier molecular flexibility index (Phi) is 4.10. The van der Waals surface area contributed by atoms with Crippen LogP contribution in [0.15, 0.2) is 30.6 Å². The number of hydrogen-bond donors (Lipinski definition) is 1. The van der Waals surface area contributed by atoms with Crippen LogP contribution in [0.4, 0.5) is 0 Å². The third-order valence-electron chi connectivity index (χ3n) is 4.07. The molecule has 1 aliphatic rings. The molecule has 5 heteroatoms. The highest BCUT2D eigenvalue weighted by atomic mass is 16.3. The summed E-state index contributed by atoms with van der Waals surface area (Å²) in [5.74, 6) is 0.414. The Morgan fingerprint density at radius 3 is 3.05 bits per heavy atom.